The third-order valence-corrected chi connectivity index (χ3v) is 5.98. The highest BCUT2D eigenvalue weighted by Crippen LogP contribution is 2.36. The van der Waals surface area contributed by atoms with E-state index in [4.69, 9.17) is 32.1 Å². The van der Waals surface area contributed by atoms with E-state index in [1.165, 1.54) is 0 Å². The quantitative estimate of drug-likeness (QED) is 0.290. The van der Waals surface area contributed by atoms with Crippen molar-refractivity contribution in [2.75, 3.05) is 0 Å². The van der Waals surface area contributed by atoms with Crippen molar-refractivity contribution in [1.82, 2.24) is 15.4 Å². The van der Waals surface area contributed by atoms with Gasteiger partial charge in [0.05, 0.1) is 17.3 Å². The molecule has 5 nitrogen and oxygen atoms in total. The van der Waals surface area contributed by atoms with Crippen molar-refractivity contribution in [2.24, 2.45) is 5.84 Å². The van der Waals surface area contributed by atoms with E-state index in [2.05, 4.69) is 11.5 Å². The predicted octanol–water partition coefficient (Wildman–Crippen LogP) is 6.57. The van der Waals surface area contributed by atoms with Crippen LogP contribution in [0.3, 0.4) is 0 Å². The summed E-state index contributed by atoms with van der Waals surface area (Å²) in [6, 6.07) is 14.2. The summed E-state index contributed by atoms with van der Waals surface area (Å²) >= 11 is 5.99. The number of hydrogen-bond donors (Lipinski definition) is 2. The van der Waals surface area contributed by atoms with Crippen molar-refractivity contribution in [2.45, 2.75) is 57.6 Å². The average molecular weight is 510 g/mol. The van der Waals surface area contributed by atoms with E-state index in [0.29, 0.717) is 17.8 Å². The highest BCUT2D eigenvalue weighted by atomic mass is 35.5. The fourth-order valence-electron chi connectivity index (χ4n) is 4.16. The second kappa shape index (κ2) is 12.5. The smallest absolute Gasteiger partial charge is 0.152 e. The number of aromatic nitrogens is 2. The standard InChI is InChI=1S/C25H29ClN4O.2ClH/c1-16(2)31-21-12-13-23-22(15-21)25(18-6-10-20(30-27)11-7-18)29-24(28-23)14-5-17-3-8-19(26)9-4-17;;/h3-5,8-9,12-16,18,20,30H,6-7,10-11,27H2,1-2H3;2*1H/b14-5-;;. The summed E-state index contributed by atoms with van der Waals surface area (Å²) in [5.74, 6) is 7.62. The summed E-state index contributed by atoms with van der Waals surface area (Å²) in [6.45, 7) is 4.07. The highest BCUT2D eigenvalue weighted by Gasteiger charge is 2.25. The minimum Gasteiger partial charge on any atom is -0.491 e. The lowest BCUT2D eigenvalue weighted by molar-refractivity contribution is 0.242. The molecule has 1 aromatic heterocycles. The molecule has 0 amide bonds. The Labute approximate surface area is 213 Å². The Kier molecular flexibility index (Phi) is 10.4. The number of fused-ring (bicyclic) bond motifs is 1. The lowest BCUT2D eigenvalue weighted by Crippen LogP contribution is -2.37. The van der Waals surface area contributed by atoms with E-state index in [1.54, 1.807) is 0 Å². The fourth-order valence-corrected chi connectivity index (χ4v) is 4.29. The molecule has 8 heteroatoms. The van der Waals surface area contributed by atoms with Gasteiger partial charge >= 0.3 is 0 Å². The number of halogens is 3. The molecule has 1 fully saturated rings. The van der Waals surface area contributed by atoms with Gasteiger partial charge in [0.15, 0.2) is 5.82 Å². The first-order valence-corrected chi connectivity index (χ1v) is 11.3. The van der Waals surface area contributed by atoms with Crippen molar-refractivity contribution in [1.29, 1.82) is 0 Å². The first-order valence-electron chi connectivity index (χ1n) is 10.9. The van der Waals surface area contributed by atoms with Crippen LogP contribution in [0.5, 0.6) is 5.75 Å². The van der Waals surface area contributed by atoms with Gasteiger partial charge in [0.2, 0.25) is 0 Å². The molecule has 2 aromatic carbocycles. The van der Waals surface area contributed by atoms with Gasteiger partial charge in [-0.3, -0.25) is 11.3 Å². The Morgan fingerprint density at radius 1 is 1.00 bits per heavy atom. The normalized spacial score (nSPS) is 18.2. The number of ether oxygens (including phenoxy) is 1. The van der Waals surface area contributed by atoms with Crippen LogP contribution in [0.25, 0.3) is 23.1 Å². The predicted molar refractivity (Wildman–Crippen MR) is 142 cm³/mol. The number of nitrogens with one attached hydrogen (secondary N) is 1. The molecule has 0 unspecified atom stereocenters. The molecule has 3 N–H and O–H groups in total. The van der Waals surface area contributed by atoms with E-state index in [1.807, 2.05) is 62.4 Å². The molecule has 1 aliphatic carbocycles. The largest absolute Gasteiger partial charge is 0.491 e. The molecule has 0 radical (unpaired) electrons. The average Bonchev–Trinajstić information content (AvgIpc) is 2.78. The monoisotopic (exact) mass is 508 g/mol. The van der Waals surface area contributed by atoms with Crippen LogP contribution in [-0.2, 0) is 0 Å². The summed E-state index contributed by atoms with van der Waals surface area (Å²) < 4.78 is 5.94. The van der Waals surface area contributed by atoms with Gasteiger partial charge in [-0.05, 0) is 81.5 Å². The molecule has 0 aliphatic heterocycles. The minimum absolute atomic E-state index is 0. The Bertz CT molecular complexity index is 1070. The Balaban J connectivity index is 0.00000193. The van der Waals surface area contributed by atoms with Gasteiger partial charge in [0.1, 0.15) is 5.75 Å². The van der Waals surface area contributed by atoms with Crippen LogP contribution < -0.4 is 16.0 Å². The van der Waals surface area contributed by atoms with Crippen molar-refractivity contribution in [3.63, 3.8) is 0 Å². The molecule has 0 spiro atoms. The topological polar surface area (TPSA) is 73.1 Å². The molecule has 4 rings (SSSR count). The van der Waals surface area contributed by atoms with Crippen LogP contribution >= 0.6 is 36.4 Å². The third-order valence-electron chi connectivity index (χ3n) is 5.73. The first-order chi connectivity index (χ1) is 15.0. The van der Waals surface area contributed by atoms with E-state index < -0.39 is 0 Å². The van der Waals surface area contributed by atoms with Gasteiger partial charge in [-0.2, -0.15) is 0 Å². The van der Waals surface area contributed by atoms with Crippen LogP contribution in [0.1, 0.15) is 62.5 Å². The van der Waals surface area contributed by atoms with Crippen LogP contribution in [-0.4, -0.2) is 22.1 Å². The molecular weight excluding hydrogens is 479 g/mol. The zero-order chi connectivity index (χ0) is 21.8. The number of nitrogens with zero attached hydrogens (tertiary/aromatic N) is 2. The lowest BCUT2D eigenvalue weighted by atomic mass is 9.83. The zero-order valence-corrected chi connectivity index (χ0v) is 21.2. The number of hydrazine groups is 1. The lowest BCUT2D eigenvalue weighted by Gasteiger charge is -2.28. The third kappa shape index (κ3) is 7.05. The first kappa shape index (κ1) is 27.4. The summed E-state index contributed by atoms with van der Waals surface area (Å²) in [5.41, 5.74) is 6.03. The maximum Gasteiger partial charge on any atom is 0.152 e. The maximum atomic E-state index is 5.99. The summed E-state index contributed by atoms with van der Waals surface area (Å²) in [5, 5.41) is 1.80. The second-order valence-electron chi connectivity index (χ2n) is 8.41. The molecule has 3 aromatic rings. The minimum atomic E-state index is 0. The molecule has 0 saturated heterocycles. The molecule has 1 saturated carbocycles. The van der Waals surface area contributed by atoms with Crippen LogP contribution in [0.15, 0.2) is 42.5 Å². The van der Waals surface area contributed by atoms with Crippen molar-refractivity contribution in [3.05, 3.63) is 64.6 Å². The fraction of sp³-hybridized carbons (Fsp3) is 0.360. The van der Waals surface area contributed by atoms with Crippen molar-refractivity contribution in [3.8, 4) is 5.75 Å². The van der Waals surface area contributed by atoms with Gasteiger partial charge in [0.25, 0.3) is 0 Å². The van der Waals surface area contributed by atoms with Gasteiger partial charge in [-0.1, -0.05) is 29.8 Å². The molecule has 1 aliphatic rings. The van der Waals surface area contributed by atoms with E-state index >= 15 is 0 Å². The Hall–Kier alpha value is -1.89. The highest BCUT2D eigenvalue weighted by molar-refractivity contribution is 6.30. The summed E-state index contributed by atoms with van der Waals surface area (Å²) in [4.78, 5) is 9.80. The van der Waals surface area contributed by atoms with E-state index in [0.717, 1.165) is 58.6 Å². The number of nitrogens with two attached hydrogens (primary N) is 1. The van der Waals surface area contributed by atoms with Gasteiger partial charge in [0, 0.05) is 22.4 Å². The molecule has 0 bridgehead atoms. The van der Waals surface area contributed by atoms with Gasteiger partial charge in [-0.15, -0.1) is 24.8 Å². The number of rotatable bonds is 6. The van der Waals surface area contributed by atoms with Gasteiger partial charge < -0.3 is 4.74 Å². The maximum absolute atomic E-state index is 5.99. The van der Waals surface area contributed by atoms with Gasteiger partial charge in [-0.25, -0.2) is 9.97 Å². The van der Waals surface area contributed by atoms with E-state index in [-0.39, 0.29) is 30.9 Å². The van der Waals surface area contributed by atoms with Crippen LogP contribution in [0.2, 0.25) is 5.02 Å². The number of benzene rings is 2. The summed E-state index contributed by atoms with van der Waals surface area (Å²) in [7, 11) is 0. The van der Waals surface area contributed by atoms with Crippen molar-refractivity contribution < 1.29 is 4.74 Å². The molecule has 33 heavy (non-hydrogen) atoms. The number of hydrogen-bond acceptors (Lipinski definition) is 5. The zero-order valence-electron chi connectivity index (χ0n) is 18.8. The summed E-state index contributed by atoms with van der Waals surface area (Å²) in [6.07, 6.45) is 8.31. The molecular formula is C25H31Cl3N4O. The molecule has 0 atom stereocenters. The van der Waals surface area contributed by atoms with E-state index in [9.17, 15) is 0 Å². The van der Waals surface area contributed by atoms with Crippen molar-refractivity contribution >= 4 is 59.5 Å². The Morgan fingerprint density at radius 3 is 2.33 bits per heavy atom. The Morgan fingerprint density at radius 2 is 1.70 bits per heavy atom. The second-order valence-corrected chi connectivity index (χ2v) is 8.85. The molecule has 178 valence electrons. The molecule has 1 heterocycles. The SMILES string of the molecule is CC(C)Oc1ccc2nc(/C=C\c3ccc(Cl)cc3)nc(C3CCC(NN)CC3)c2c1.Cl.Cl. The van der Waals surface area contributed by atoms with Crippen LogP contribution in [0.4, 0.5) is 0 Å². The van der Waals surface area contributed by atoms with Crippen LogP contribution in [0, 0.1) is 0 Å².